The Morgan fingerprint density at radius 3 is 2.96 bits per heavy atom. The zero-order valence-electron chi connectivity index (χ0n) is 14.6. The van der Waals surface area contributed by atoms with Gasteiger partial charge in [0.15, 0.2) is 5.69 Å². The van der Waals surface area contributed by atoms with Crippen LogP contribution in [0.2, 0.25) is 0 Å². The molecule has 0 unspecified atom stereocenters. The Labute approximate surface area is 151 Å². The van der Waals surface area contributed by atoms with Gasteiger partial charge in [0.2, 0.25) is 5.91 Å². The Kier molecular flexibility index (Phi) is 5.62. The summed E-state index contributed by atoms with van der Waals surface area (Å²) < 4.78 is 4.88. The van der Waals surface area contributed by atoms with Gasteiger partial charge in [0.25, 0.3) is 5.91 Å². The smallest absolute Gasteiger partial charge is 0.273 e. The topological polar surface area (TPSA) is 109 Å². The SMILES string of the molecule is Cc1cc(C(=O)N[C@@H]2CCN(C(=O)CCc3cccnc3)C[C@H]2O)no1. The van der Waals surface area contributed by atoms with E-state index in [-0.39, 0.29) is 24.1 Å². The third-order valence-electron chi connectivity index (χ3n) is 4.46. The monoisotopic (exact) mass is 358 g/mol. The average Bonchev–Trinajstić information content (AvgIpc) is 3.08. The second-order valence-electron chi connectivity index (χ2n) is 6.46. The van der Waals surface area contributed by atoms with E-state index in [2.05, 4.69) is 15.5 Å². The van der Waals surface area contributed by atoms with Crippen molar-refractivity contribution >= 4 is 11.8 Å². The van der Waals surface area contributed by atoms with E-state index in [0.29, 0.717) is 31.6 Å². The number of likely N-dealkylation sites (tertiary alicyclic amines) is 1. The van der Waals surface area contributed by atoms with Crippen LogP contribution in [0.15, 0.2) is 35.1 Å². The summed E-state index contributed by atoms with van der Waals surface area (Å²) in [4.78, 5) is 30.1. The Hall–Kier alpha value is -2.74. The van der Waals surface area contributed by atoms with Crippen molar-refractivity contribution < 1.29 is 19.2 Å². The molecule has 2 aromatic heterocycles. The minimum Gasteiger partial charge on any atom is -0.389 e. The molecule has 8 heteroatoms. The van der Waals surface area contributed by atoms with E-state index >= 15 is 0 Å². The second kappa shape index (κ2) is 8.09. The molecule has 3 rings (SSSR count). The lowest BCUT2D eigenvalue weighted by Crippen LogP contribution is -2.55. The zero-order valence-corrected chi connectivity index (χ0v) is 14.6. The van der Waals surface area contributed by atoms with E-state index in [0.717, 1.165) is 5.56 Å². The molecule has 1 aliphatic heterocycles. The molecule has 138 valence electrons. The van der Waals surface area contributed by atoms with Crippen LogP contribution in [0.4, 0.5) is 0 Å². The molecule has 1 aliphatic rings. The molecular weight excluding hydrogens is 336 g/mol. The maximum atomic E-state index is 12.4. The van der Waals surface area contributed by atoms with Crippen molar-refractivity contribution in [3.8, 4) is 0 Å². The van der Waals surface area contributed by atoms with Crippen molar-refractivity contribution in [2.75, 3.05) is 13.1 Å². The number of hydrogen-bond donors (Lipinski definition) is 2. The van der Waals surface area contributed by atoms with Gasteiger partial charge in [0.05, 0.1) is 12.1 Å². The predicted octanol–water partition coefficient (Wildman–Crippen LogP) is 0.702. The van der Waals surface area contributed by atoms with E-state index in [1.54, 1.807) is 30.3 Å². The van der Waals surface area contributed by atoms with Gasteiger partial charge in [-0.1, -0.05) is 11.2 Å². The molecule has 2 amide bonds. The molecule has 0 aromatic carbocycles. The van der Waals surface area contributed by atoms with Gasteiger partial charge in [-0.3, -0.25) is 14.6 Å². The molecule has 8 nitrogen and oxygen atoms in total. The number of nitrogens with one attached hydrogen (secondary N) is 1. The fraction of sp³-hybridized carbons (Fsp3) is 0.444. The van der Waals surface area contributed by atoms with Crippen LogP contribution in [-0.2, 0) is 11.2 Å². The van der Waals surface area contributed by atoms with Crippen LogP contribution in [0, 0.1) is 6.92 Å². The Morgan fingerprint density at radius 2 is 2.31 bits per heavy atom. The summed E-state index contributed by atoms with van der Waals surface area (Å²) in [5.74, 6) is 0.150. The van der Waals surface area contributed by atoms with E-state index in [4.69, 9.17) is 4.52 Å². The number of aliphatic hydroxyl groups is 1. The fourth-order valence-electron chi connectivity index (χ4n) is 3.00. The molecule has 0 bridgehead atoms. The largest absolute Gasteiger partial charge is 0.389 e. The van der Waals surface area contributed by atoms with E-state index in [1.807, 2.05) is 12.1 Å². The van der Waals surface area contributed by atoms with Crippen LogP contribution >= 0.6 is 0 Å². The number of pyridine rings is 1. The quantitative estimate of drug-likeness (QED) is 0.815. The minimum absolute atomic E-state index is 0.00944. The minimum atomic E-state index is -0.817. The highest BCUT2D eigenvalue weighted by Gasteiger charge is 2.31. The molecule has 3 heterocycles. The highest BCUT2D eigenvalue weighted by Crippen LogP contribution is 2.14. The first kappa shape index (κ1) is 18.1. The van der Waals surface area contributed by atoms with Crippen LogP contribution in [0.1, 0.15) is 34.7 Å². The number of carbonyl (C=O) groups is 2. The summed E-state index contributed by atoms with van der Waals surface area (Å²) in [5.41, 5.74) is 1.19. The van der Waals surface area contributed by atoms with Gasteiger partial charge in [-0.05, 0) is 31.4 Å². The highest BCUT2D eigenvalue weighted by molar-refractivity contribution is 5.92. The van der Waals surface area contributed by atoms with Gasteiger partial charge < -0.3 is 19.8 Å². The number of β-amino-alcohol motifs (C(OH)–C–C–N with tert-alkyl or cyclic N) is 1. The van der Waals surface area contributed by atoms with Crippen molar-refractivity contribution in [2.45, 2.75) is 38.3 Å². The molecule has 2 aromatic rings. The second-order valence-corrected chi connectivity index (χ2v) is 6.46. The number of aromatic nitrogens is 2. The van der Waals surface area contributed by atoms with Crippen molar-refractivity contribution in [2.24, 2.45) is 0 Å². The molecule has 0 spiro atoms. The summed E-state index contributed by atoms with van der Waals surface area (Å²) in [6, 6.07) is 4.90. The summed E-state index contributed by atoms with van der Waals surface area (Å²) in [5, 5.41) is 16.7. The van der Waals surface area contributed by atoms with E-state index < -0.39 is 12.1 Å². The van der Waals surface area contributed by atoms with Crippen LogP contribution in [-0.4, -0.2) is 57.2 Å². The molecule has 1 saturated heterocycles. The molecule has 2 N–H and O–H groups in total. The van der Waals surface area contributed by atoms with Gasteiger partial charge in [-0.25, -0.2) is 0 Å². The van der Waals surface area contributed by atoms with E-state index in [1.165, 1.54) is 0 Å². The summed E-state index contributed by atoms with van der Waals surface area (Å²) in [7, 11) is 0. The van der Waals surface area contributed by atoms with Gasteiger partial charge in [-0.15, -0.1) is 0 Å². The Morgan fingerprint density at radius 1 is 1.46 bits per heavy atom. The van der Waals surface area contributed by atoms with Gasteiger partial charge in [-0.2, -0.15) is 0 Å². The lowest BCUT2D eigenvalue weighted by atomic mass is 10.0. The molecule has 0 saturated carbocycles. The summed E-state index contributed by atoms with van der Waals surface area (Å²) >= 11 is 0. The number of aryl methyl sites for hydroxylation is 2. The molecule has 1 fully saturated rings. The number of aliphatic hydroxyl groups excluding tert-OH is 1. The lowest BCUT2D eigenvalue weighted by molar-refractivity contribution is -0.134. The van der Waals surface area contributed by atoms with Crippen molar-refractivity contribution in [1.29, 1.82) is 0 Å². The first-order valence-electron chi connectivity index (χ1n) is 8.62. The third kappa shape index (κ3) is 4.45. The number of amides is 2. The van der Waals surface area contributed by atoms with E-state index in [9.17, 15) is 14.7 Å². The standard InChI is InChI=1S/C18H22N4O4/c1-12-9-15(21-26-12)18(25)20-14-6-8-22(11-16(14)23)17(24)5-4-13-3-2-7-19-10-13/h2-3,7,9-10,14,16,23H,4-6,8,11H2,1H3,(H,20,25)/t14-,16-/m1/s1. The number of rotatable bonds is 5. The molecular formula is C18H22N4O4. The summed E-state index contributed by atoms with van der Waals surface area (Å²) in [6.45, 7) is 2.40. The zero-order chi connectivity index (χ0) is 18.5. The highest BCUT2D eigenvalue weighted by atomic mass is 16.5. The third-order valence-corrected chi connectivity index (χ3v) is 4.46. The maximum absolute atomic E-state index is 12.4. The van der Waals surface area contributed by atoms with Crippen LogP contribution in [0.5, 0.6) is 0 Å². The number of carbonyl (C=O) groups excluding carboxylic acids is 2. The van der Waals surface area contributed by atoms with Crippen LogP contribution in [0.25, 0.3) is 0 Å². The number of nitrogens with zero attached hydrogens (tertiary/aromatic N) is 3. The number of hydrogen-bond acceptors (Lipinski definition) is 6. The van der Waals surface area contributed by atoms with Gasteiger partial charge >= 0.3 is 0 Å². The predicted molar refractivity (Wildman–Crippen MR) is 92.3 cm³/mol. The Balaban J connectivity index is 1.48. The molecule has 0 radical (unpaired) electrons. The van der Waals surface area contributed by atoms with Crippen LogP contribution in [0.3, 0.4) is 0 Å². The summed E-state index contributed by atoms with van der Waals surface area (Å²) in [6.07, 6.45) is 4.10. The van der Waals surface area contributed by atoms with Crippen molar-refractivity contribution in [1.82, 2.24) is 20.4 Å². The van der Waals surface area contributed by atoms with Crippen molar-refractivity contribution in [3.05, 3.63) is 47.6 Å². The average molecular weight is 358 g/mol. The van der Waals surface area contributed by atoms with Crippen molar-refractivity contribution in [3.63, 3.8) is 0 Å². The molecule has 26 heavy (non-hydrogen) atoms. The molecule has 2 atom stereocenters. The first-order chi connectivity index (χ1) is 12.5. The maximum Gasteiger partial charge on any atom is 0.273 e. The lowest BCUT2D eigenvalue weighted by Gasteiger charge is -2.36. The number of piperidine rings is 1. The van der Waals surface area contributed by atoms with Gasteiger partial charge in [0, 0.05) is 38.0 Å². The Bertz CT molecular complexity index is 762. The van der Waals surface area contributed by atoms with Gasteiger partial charge in [0.1, 0.15) is 5.76 Å². The normalized spacial score (nSPS) is 20.0. The first-order valence-corrected chi connectivity index (χ1v) is 8.62. The van der Waals surface area contributed by atoms with Crippen LogP contribution < -0.4 is 5.32 Å². The fourth-order valence-corrected chi connectivity index (χ4v) is 3.00. The molecule has 0 aliphatic carbocycles.